The van der Waals surface area contributed by atoms with Crippen molar-refractivity contribution >= 4 is 6.47 Å². The van der Waals surface area contributed by atoms with Gasteiger partial charge >= 0.3 is 0 Å². The number of rotatable bonds is 6. The Balaban J connectivity index is 0.000000613. The Morgan fingerprint density at radius 3 is 2.65 bits per heavy atom. The highest BCUT2D eigenvalue weighted by atomic mass is 16.3. The van der Waals surface area contributed by atoms with E-state index in [4.69, 9.17) is 14.3 Å². The first-order chi connectivity index (χ1) is 12.8. The lowest BCUT2D eigenvalue weighted by Gasteiger charge is -2.31. The van der Waals surface area contributed by atoms with E-state index in [1.807, 2.05) is 0 Å². The highest BCUT2D eigenvalue weighted by Crippen LogP contribution is 2.40. The molecule has 2 heterocycles. The fraction of sp³-hybridized carbons (Fsp3) is 0.500. The molecule has 6 heteroatoms. The van der Waals surface area contributed by atoms with E-state index in [1.54, 1.807) is 12.5 Å². The zero-order chi connectivity index (χ0) is 18.2. The van der Waals surface area contributed by atoms with Crippen molar-refractivity contribution in [3.63, 3.8) is 0 Å². The van der Waals surface area contributed by atoms with Crippen molar-refractivity contribution in [2.24, 2.45) is 5.92 Å². The summed E-state index contributed by atoms with van der Waals surface area (Å²) in [7, 11) is 0. The molecular weight excluding hydrogens is 330 g/mol. The molecule has 1 aromatic heterocycles. The minimum absolute atomic E-state index is 0.250. The average Bonchev–Trinajstić information content (AvgIpc) is 3.28. The molecule has 1 aliphatic carbocycles. The summed E-state index contributed by atoms with van der Waals surface area (Å²) in [4.78, 5) is 15.0. The van der Waals surface area contributed by atoms with Crippen molar-refractivity contribution in [3.05, 3.63) is 54.2 Å². The van der Waals surface area contributed by atoms with Gasteiger partial charge in [-0.3, -0.25) is 9.69 Å². The predicted octanol–water partition coefficient (Wildman–Crippen LogP) is 2.73. The van der Waals surface area contributed by atoms with Crippen LogP contribution in [0.2, 0.25) is 0 Å². The highest BCUT2D eigenvalue weighted by molar-refractivity contribution is 5.32. The van der Waals surface area contributed by atoms with Crippen molar-refractivity contribution in [2.45, 2.75) is 37.8 Å². The predicted molar refractivity (Wildman–Crippen MR) is 98.8 cm³/mol. The van der Waals surface area contributed by atoms with Crippen molar-refractivity contribution in [1.29, 1.82) is 0 Å². The van der Waals surface area contributed by atoms with E-state index in [0.717, 1.165) is 37.4 Å². The fourth-order valence-electron chi connectivity index (χ4n) is 3.68. The average molecular weight is 357 g/mol. The van der Waals surface area contributed by atoms with Crippen LogP contribution in [0.5, 0.6) is 0 Å². The molecule has 2 fully saturated rings. The lowest BCUT2D eigenvalue weighted by atomic mass is 9.96. The smallest absolute Gasteiger partial charge is 0.290 e. The third-order valence-corrected chi connectivity index (χ3v) is 5.24. The van der Waals surface area contributed by atoms with Gasteiger partial charge in [-0.1, -0.05) is 30.3 Å². The summed E-state index contributed by atoms with van der Waals surface area (Å²) in [5, 5.41) is 10.7. The van der Waals surface area contributed by atoms with Crippen LogP contribution in [0.3, 0.4) is 0 Å². The maximum Gasteiger partial charge on any atom is 0.290 e. The summed E-state index contributed by atoms with van der Waals surface area (Å²) < 4.78 is 5.34. The zero-order valence-electron chi connectivity index (χ0n) is 15.0. The first-order valence-corrected chi connectivity index (χ1v) is 9.27. The molecule has 0 radical (unpaired) electrons. The second-order valence-corrected chi connectivity index (χ2v) is 7.02. The third kappa shape index (κ3) is 5.41. The molecule has 1 saturated carbocycles. The van der Waals surface area contributed by atoms with Gasteiger partial charge in [0.05, 0.1) is 12.7 Å². The zero-order valence-corrected chi connectivity index (χ0v) is 15.0. The number of piperidine rings is 1. The summed E-state index contributed by atoms with van der Waals surface area (Å²) in [5.74, 6) is 2.39. The summed E-state index contributed by atoms with van der Waals surface area (Å²) in [5.41, 5.74) is 1.49. The lowest BCUT2D eigenvalue weighted by Crippen LogP contribution is -2.37. The highest BCUT2D eigenvalue weighted by Gasteiger charge is 2.38. The van der Waals surface area contributed by atoms with Gasteiger partial charge in [0.15, 0.2) is 0 Å². The molecule has 2 aromatic rings. The van der Waals surface area contributed by atoms with Crippen molar-refractivity contribution in [1.82, 2.24) is 15.2 Å². The Labute approximate surface area is 154 Å². The van der Waals surface area contributed by atoms with Crippen LogP contribution >= 0.6 is 0 Å². The Morgan fingerprint density at radius 1 is 1.27 bits per heavy atom. The topological polar surface area (TPSA) is 78.6 Å². The Morgan fingerprint density at radius 2 is 2.00 bits per heavy atom. The lowest BCUT2D eigenvalue weighted by molar-refractivity contribution is -0.122. The summed E-state index contributed by atoms with van der Waals surface area (Å²) in [6.07, 6.45) is 7.23. The normalized spacial score (nSPS) is 23.1. The molecule has 140 valence electrons. The van der Waals surface area contributed by atoms with Gasteiger partial charge in [0.25, 0.3) is 6.47 Å². The number of carboxylic acid groups (broad SMARTS) is 1. The molecular formula is C20H27N3O3. The number of hydrogen-bond donors (Lipinski definition) is 2. The summed E-state index contributed by atoms with van der Waals surface area (Å²) >= 11 is 0. The standard InChI is InChI=1S/C19H25N3O.CH2O2/c1-2-4-16(5-3-1)17-12-18(17)21-13-15-6-9-22(10-7-15)14-19-20-8-11-23-19;2-1-3/h1-5,8,11,15,17-18,21H,6-7,9-10,12-14H2;1H,(H,2,3). The number of benzene rings is 1. The van der Waals surface area contributed by atoms with Gasteiger partial charge in [0.1, 0.15) is 6.26 Å². The number of aromatic nitrogens is 1. The minimum atomic E-state index is -0.250. The van der Waals surface area contributed by atoms with Crippen LogP contribution in [0.1, 0.15) is 36.6 Å². The van der Waals surface area contributed by atoms with E-state index in [1.165, 1.54) is 31.4 Å². The van der Waals surface area contributed by atoms with Crippen molar-refractivity contribution < 1.29 is 14.3 Å². The number of oxazole rings is 1. The third-order valence-electron chi connectivity index (χ3n) is 5.24. The number of likely N-dealkylation sites (tertiary alicyclic amines) is 1. The van der Waals surface area contributed by atoms with Gasteiger partial charge in [-0.2, -0.15) is 0 Å². The van der Waals surface area contributed by atoms with Crippen molar-refractivity contribution in [3.8, 4) is 0 Å². The Kier molecular flexibility index (Phi) is 6.80. The van der Waals surface area contributed by atoms with Gasteiger partial charge in [0, 0.05) is 12.0 Å². The molecule has 4 rings (SSSR count). The maximum absolute atomic E-state index is 8.36. The first kappa shape index (κ1) is 18.6. The molecule has 1 saturated heterocycles. The van der Waals surface area contributed by atoms with E-state index in [-0.39, 0.29) is 6.47 Å². The van der Waals surface area contributed by atoms with E-state index in [0.29, 0.717) is 6.04 Å². The molecule has 26 heavy (non-hydrogen) atoms. The van der Waals surface area contributed by atoms with Gasteiger partial charge < -0.3 is 14.8 Å². The maximum atomic E-state index is 8.36. The van der Waals surface area contributed by atoms with Gasteiger partial charge in [0.2, 0.25) is 5.89 Å². The monoisotopic (exact) mass is 357 g/mol. The molecule has 0 bridgehead atoms. The van der Waals surface area contributed by atoms with Crippen LogP contribution in [-0.2, 0) is 11.3 Å². The second-order valence-electron chi connectivity index (χ2n) is 7.02. The molecule has 2 N–H and O–H groups in total. The number of carbonyl (C=O) groups is 1. The number of hydrogen-bond acceptors (Lipinski definition) is 5. The molecule has 2 aliphatic rings. The molecule has 2 unspecified atom stereocenters. The van der Waals surface area contributed by atoms with Crippen LogP contribution in [0, 0.1) is 5.92 Å². The first-order valence-electron chi connectivity index (χ1n) is 9.27. The van der Waals surface area contributed by atoms with E-state index in [9.17, 15) is 0 Å². The molecule has 1 aliphatic heterocycles. The SMILES string of the molecule is O=CO.c1ccc(C2CC2NCC2CCN(Cc3ncco3)CC2)cc1. The van der Waals surface area contributed by atoms with E-state index < -0.39 is 0 Å². The van der Waals surface area contributed by atoms with Crippen LogP contribution in [-0.4, -0.2) is 47.1 Å². The Hall–Kier alpha value is -2.18. The van der Waals surface area contributed by atoms with Gasteiger partial charge in [-0.25, -0.2) is 4.98 Å². The van der Waals surface area contributed by atoms with Crippen LogP contribution in [0.25, 0.3) is 0 Å². The minimum Gasteiger partial charge on any atom is -0.483 e. The molecule has 1 aromatic carbocycles. The number of nitrogens with zero attached hydrogens (tertiary/aromatic N) is 2. The molecule has 2 atom stereocenters. The van der Waals surface area contributed by atoms with Crippen LogP contribution in [0.4, 0.5) is 0 Å². The molecule has 0 amide bonds. The van der Waals surface area contributed by atoms with Crippen LogP contribution in [0.15, 0.2) is 47.2 Å². The molecule has 0 spiro atoms. The Bertz CT molecular complexity index is 640. The largest absolute Gasteiger partial charge is 0.483 e. The quantitative estimate of drug-likeness (QED) is 0.774. The fourth-order valence-corrected chi connectivity index (χ4v) is 3.68. The number of nitrogens with one attached hydrogen (secondary N) is 1. The molecule has 6 nitrogen and oxygen atoms in total. The van der Waals surface area contributed by atoms with Gasteiger partial charge in [-0.15, -0.1) is 0 Å². The van der Waals surface area contributed by atoms with E-state index >= 15 is 0 Å². The van der Waals surface area contributed by atoms with E-state index in [2.05, 4.69) is 45.5 Å². The van der Waals surface area contributed by atoms with Crippen molar-refractivity contribution in [2.75, 3.05) is 19.6 Å². The second kappa shape index (κ2) is 9.50. The summed E-state index contributed by atoms with van der Waals surface area (Å²) in [6.45, 7) is 4.08. The van der Waals surface area contributed by atoms with Crippen LogP contribution < -0.4 is 5.32 Å². The van der Waals surface area contributed by atoms with Gasteiger partial charge in [-0.05, 0) is 50.4 Å². The summed E-state index contributed by atoms with van der Waals surface area (Å²) in [6, 6.07) is 11.6.